The molecule has 0 amide bonds. The van der Waals surface area contributed by atoms with E-state index in [0.717, 1.165) is 114 Å². The lowest BCUT2D eigenvalue weighted by Gasteiger charge is -2.41. The van der Waals surface area contributed by atoms with E-state index in [1.165, 1.54) is 11.1 Å². The molecule has 0 radical (unpaired) electrons. The van der Waals surface area contributed by atoms with E-state index >= 15 is 0 Å². The molecule has 5 heterocycles. The molecular weight excluding hydrogens is 586 g/mol. The van der Waals surface area contributed by atoms with Crippen molar-refractivity contribution in [2.75, 3.05) is 44.3 Å². The van der Waals surface area contributed by atoms with E-state index in [4.69, 9.17) is 30.1 Å². The molecule has 0 bridgehead atoms. The fraction of sp³-hybridized carbons (Fsp3) is 0.432. The van der Waals surface area contributed by atoms with Gasteiger partial charge < -0.3 is 18.8 Å². The Kier molecular flexibility index (Phi) is 9.67. The van der Waals surface area contributed by atoms with Crippen molar-refractivity contribution in [3.63, 3.8) is 0 Å². The first-order valence-corrected chi connectivity index (χ1v) is 17.1. The van der Waals surface area contributed by atoms with Gasteiger partial charge in [-0.1, -0.05) is 80.1 Å². The van der Waals surface area contributed by atoms with Crippen LogP contribution in [0.2, 0.25) is 0 Å². The van der Waals surface area contributed by atoms with Crippen LogP contribution in [0.4, 0.5) is 5.82 Å². The number of piperidine rings is 1. The van der Waals surface area contributed by atoms with Gasteiger partial charge in [-0.25, -0.2) is 4.98 Å². The zero-order valence-corrected chi connectivity index (χ0v) is 27.4. The van der Waals surface area contributed by atoms with Gasteiger partial charge in [-0.15, -0.1) is 20.4 Å². The minimum Gasteiger partial charge on any atom is -0.379 e. The summed E-state index contributed by atoms with van der Waals surface area (Å²) in [5, 5.41) is 20.0. The average Bonchev–Trinajstić information content (AvgIpc) is 3.73. The quantitative estimate of drug-likeness (QED) is 0.188. The standard InChI is InChI=1S/C37H45N9O/c1-2-3-16-33-39-41-35(45(33)27-30-12-6-4-7-13-30)37(18-21-44(22-19-37)32-17-10-11-20-38-32)36-42-40-34(29-43-23-25-47-26-24-43)46(36)28-31-14-8-5-9-15-31/h4-15,17,20H,2-3,16,18-19,21-29H2,1H3. The Bertz CT molecular complexity index is 1690. The van der Waals surface area contributed by atoms with Gasteiger partial charge in [0.15, 0.2) is 0 Å². The third-order valence-corrected chi connectivity index (χ3v) is 9.69. The molecule has 0 aliphatic carbocycles. The fourth-order valence-electron chi connectivity index (χ4n) is 7.04. The van der Waals surface area contributed by atoms with E-state index in [2.05, 4.69) is 98.7 Å². The van der Waals surface area contributed by atoms with Crippen LogP contribution in [0.5, 0.6) is 0 Å². The molecule has 2 fully saturated rings. The van der Waals surface area contributed by atoms with Crippen molar-refractivity contribution in [2.45, 2.75) is 64.1 Å². The molecule has 2 aliphatic rings. The fourth-order valence-corrected chi connectivity index (χ4v) is 7.04. The van der Waals surface area contributed by atoms with Crippen LogP contribution in [-0.4, -0.2) is 78.8 Å². The number of unbranched alkanes of at least 4 members (excludes halogenated alkanes) is 1. The van der Waals surface area contributed by atoms with Crippen molar-refractivity contribution < 1.29 is 4.74 Å². The molecule has 3 aromatic heterocycles. The Morgan fingerprint density at radius 3 is 1.85 bits per heavy atom. The molecule has 0 spiro atoms. The highest BCUT2D eigenvalue weighted by atomic mass is 16.5. The lowest BCUT2D eigenvalue weighted by molar-refractivity contribution is 0.0325. The summed E-state index contributed by atoms with van der Waals surface area (Å²) >= 11 is 0. The monoisotopic (exact) mass is 631 g/mol. The van der Waals surface area contributed by atoms with Crippen molar-refractivity contribution in [3.05, 3.63) is 119 Å². The number of anilines is 1. The number of hydrogen-bond donors (Lipinski definition) is 0. The predicted octanol–water partition coefficient (Wildman–Crippen LogP) is 5.12. The number of morpholine rings is 1. The second-order valence-electron chi connectivity index (χ2n) is 12.8. The maximum absolute atomic E-state index is 5.66. The molecule has 0 atom stereocenters. The first kappa shape index (κ1) is 31.2. The van der Waals surface area contributed by atoms with E-state index in [9.17, 15) is 0 Å². The first-order valence-electron chi connectivity index (χ1n) is 17.1. The summed E-state index contributed by atoms with van der Waals surface area (Å²) in [5.74, 6) is 5.01. The van der Waals surface area contributed by atoms with Gasteiger partial charge in [-0.05, 0) is 42.5 Å². The summed E-state index contributed by atoms with van der Waals surface area (Å²) in [5.41, 5.74) is 1.99. The van der Waals surface area contributed by atoms with Gasteiger partial charge in [0.05, 0.1) is 38.3 Å². The summed E-state index contributed by atoms with van der Waals surface area (Å²) < 4.78 is 10.4. The van der Waals surface area contributed by atoms with Gasteiger partial charge in [0.2, 0.25) is 0 Å². The molecule has 7 rings (SSSR count). The van der Waals surface area contributed by atoms with E-state index in [0.29, 0.717) is 6.54 Å². The highest BCUT2D eigenvalue weighted by Gasteiger charge is 2.47. The van der Waals surface area contributed by atoms with Gasteiger partial charge in [0.1, 0.15) is 29.1 Å². The van der Waals surface area contributed by atoms with Crippen LogP contribution >= 0.6 is 0 Å². The highest BCUT2D eigenvalue weighted by Crippen LogP contribution is 2.42. The maximum Gasteiger partial charge on any atom is 0.147 e. The summed E-state index contributed by atoms with van der Waals surface area (Å²) in [6.07, 6.45) is 6.60. The van der Waals surface area contributed by atoms with Crippen molar-refractivity contribution in [2.24, 2.45) is 0 Å². The molecule has 2 aliphatic heterocycles. The third kappa shape index (κ3) is 6.84. The first-order chi connectivity index (χ1) is 23.2. The lowest BCUT2D eigenvalue weighted by Crippen LogP contribution is -2.47. The van der Waals surface area contributed by atoms with Gasteiger partial charge >= 0.3 is 0 Å². The Balaban J connectivity index is 1.35. The largest absolute Gasteiger partial charge is 0.379 e. The Labute approximate surface area is 277 Å². The highest BCUT2D eigenvalue weighted by molar-refractivity contribution is 5.41. The summed E-state index contributed by atoms with van der Waals surface area (Å²) in [6.45, 7) is 9.33. The van der Waals surface area contributed by atoms with Crippen molar-refractivity contribution in [3.8, 4) is 0 Å². The molecule has 2 saturated heterocycles. The molecule has 10 nitrogen and oxygen atoms in total. The molecule has 0 unspecified atom stereocenters. The van der Waals surface area contributed by atoms with Gasteiger partial charge in [-0.2, -0.15) is 0 Å². The van der Waals surface area contributed by atoms with Crippen molar-refractivity contribution in [1.29, 1.82) is 0 Å². The van der Waals surface area contributed by atoms with Crippen LogP contribution in [0.15, 0.2) is 85.1 Å². The maximum atomic E-state index is 5.66. The number of aryl methyl sites for hydroxylation is 1. The number of rotatable bonds is 12. The molecule has 0 N–H and O–H groups in total. The minimum absolute atomic E-state index is 0.484. The molecular formula is C37H45N9O. The Hall–Kier alpha value is -4.41. The van der Waals surface area contributed by atoms with Crippen LogP contribution in [0.3, 0.4) is 0 Å². The number of ether oxygens (including phenoxy) is 1. The number of hydrogen-bond acceptors (Lipinski definition) is 8. The van der Waals surface area contributed by atoms with E-state index in [-0.39, 0.29) is 0 Å². The molecule has 0 saturated carbocycles. The van der Waals surface area contributed by atoms with E-state index < -0.39 is 5.41 Å². The van der Waals surface area contributed by atoms with Gasteiger partial charge in [0.25, 0.3) is 0 Å². The Morgan fingerprint density at radius 1 is 0.660 bits per heavy atom. The van der Waals surface area contributed by atoms with Gasteiger partial charge in [0, 0.05) is 38.8 Å². The van der Waals surface area contributed by atoms with Gasteiger partial charge in [-0.3, -0.25) is 4.90 Å². The van der Waals surface area contributed by atoms with Crippen LogP contribution in [-0.2, 0) is 36.2 Å². The minimum atomic E-state index is -0.484. The predicted molar refractivity (Wildman–Crippen MR) is 182 cm³/mol. The Morgan fingerprint density at radius 2 is 1.26 bits per heavy atom. The number of benzene rings is 2. The molecule has 47 heavy (non-hydrogen) atoms. The SMILES string of the molecule is CCCCc1nnc(C2(c3nnc(CN4CCOCC4)n3Cc3ccccc3)CCN(c3ccccn3)CC2)n1Cc1ccccc1. The molecule has 244 valence electrons. The van der Waals surface area contributed by atoms with E-state index in [1.807, 2.05) is 12.3 Å². The second kappa shape index (κ2) is 14.6. The van der Waals surface area contributed by atoms with E-state index in [1.54, 1.807) is 0 Å². The number of nitrogens with zero attached hydrogens (tertiary/aromatic N) is 9. The zero-order chi connectivity index (χ0) is 31.9. The number of pyridine rings is 1. The second-order valence-corrected chi connectivity index (χ2v) is 12.8. The molecule has 10 heteroatoms. The summed E-state index contributed by atoms with van der Waals surface area (Å²) in [4.78, 5) is 9.51. The summed E-state index contributed by atoms with van der Waals surface area (Å²) in [6, 6.07) is 27.5. The molecule has 2 aromatic carbocycles. The topological polar surface area (TPSA) is 90.0 Å². The van der Waals surface area contributed by atoms with Crippen LogP contribution in [0.1, 0.15) is 67.0 Å². The normalized spacial score (nSPS) is 16.8. The lowest BCUT2D eigenvalue weighted by atomic mass is 9.76. The van der Waals surface area contributed by atoms with Crippen molar-refractivity contribution in [1.82, 2.24) is 39.4 Å². The summed E-state index contributed by atoms with van der Waals surface area (Å²) in [7, 11) is 0. The third-order valence-electron chi connectivity index (χ3n) is 9.69. The van der Waals surface area contributed by atoms with Crippen LogP contribution in [0, 0.1) is 0 Å². The van der Waals surface area contributed by atoms with Crippen LogP contribution in [0.25, 0.3) is 0 Å². The average molecular weight is 632 g/mol. The smallest absolute Gasteiger partial charge is 0.147 e. The number of aromatic nitrogens is 7. The zero-order valence-electron chi connectivity index (χ0n) is 27.4. The van der Waals surface area contributed by atoms with Crippen molar-refractivity contribution >= 4 is 5.82 Å². The molecule has 5 aromatic rings. The van der Waals surface area contributed by atoms with Crippen LogP contribution < -0.4 is 4.90 Å².